The van der Waals surface area contributed by atoms with Gasteiger partial charge in [-0.25, -0.2) is 0 Å². The van der Waals surface area contributed by atoms with E-state index in [1.54, 1.807) is 37.5 Å². The van der Waals surface area contributed by atoms with E-state index in [1.165, 1.54) is 11.3 Å². The number of nitrogen functional groups attached to an aromatic ring is 1. The first-order valence-corrected chi connectivity index (χ1v) is 10.6. The normalized spacial score (nSPS) is 15.5. The van der Waals surface area contributed by atoms with Gasteiger partial charge in [-0.3, -0.25) is 14.6 Å². The number of allylic oxidation sites excluding steroid dienone is 2. The molecule has 0 saturated carbocycles. The number of nitrogens with one attached hydrogen (secondary N) is 1. The SMILES string of the molecule is CC(=O)C1=C(C)Nc2sc(C(=O)c3ccc(Cl)c(C)c3)c(N)c2C1c1cccnc1. The minimum Gasteiger partial charge on any atom is -0.397 e. The minimum absolute atomic E-state index is 0.0497. The molecule has 3 N–H and O–H groups in total. The molecule has 0 amide bonds. The van der Waals surface area contributed by atoms with Crippen LogP contribution in [0.3, 0.4) is 0 Å². The van der Waals surface area contributed by atoms with Crippen LogP contribution in [-0.4, -0.2) is 16.6 Å². The smallest absolute Gasteiger partial charge is 0.205 e. The average Bonchev–Trinajstić information content (AvgIpc) is 3.04. The number of carbonyl (C=O) groups excluding carboxylic acids is 2. The highest BCUT2D eigenvalue weighted by atomic mass is 35.5. The molecule has 5 nitrogen and oxygen atoms in total. The number of carbonyl (C=O) groups is 2. The van der Waals surface area contributed by atoms with Crippen LogP contribution in [0.2, 0.25) is 5.02 Å². The van der Waals surface area contributed by atoms with Gasteiger partial charge in [0.1, 0.15) is 4.88 Å². The van der Waals surface area contributed by atoms with Gasteiger partial charge in [0.25, 0.3) is 0 Å². The number of fused-ring (bicyclic) bond motifs is 1. The Hall–Kier alpha value is -2.96. The number of nitrogens with zero attached hydrogens (tertiary/aromatic N) is 1. The van der Waals surface area contributed by atoms with Gasteiger partial charge in [0.15, 0.2) is 5.78 Å². The average molecular weight is 438 g/mol. The zero-order chi connectivity index (χ0) is 21.6. The Morgan fingerprint density at radius 2 is 2.00 bits per heavy atom. The molecular weight excluding hydrogens is 418 g/mol. The Morgan fingerprint density at radius 3 is 2.63 bits per heavy atom. The molecule has 3 aromatic rings. The second-order valence-electron chi connectivity index (χ2n) is 7.32. The summed E-state index contributed by atoms with van der Waals surface area (Å²) in [5.74, 6) is -0.594. The van der Waals surface area contributed by atoms with Crippen molar-refractivity contribution in [2.75, 3.05) is 11.1 Å². The van der Waals surface area contributed by atoms with Crippen molar-refractivity contribution in [3.05, 3.63) is 86.1 Å². The zero-order valence-electron chi connectivity index (χ0n) is 16.7. The number of anilines is 2. The molecule has 0 spiro atoms. The first-order chi connectivity index (χ1) is 14.3. The summed E-state index contributed by atoms with van der Waals surface area (Å²) in [7, 11) is 0. The second-order valence-corrected chi connectivity index (χ2v) is 8.75. The van der Waals surface area contributed by atoms with Crippen LogP contribution in [0.5, 0.6) is 0 Å². The highest BCUT2D eigenvalue weighted by Gasteiger charge is 2.36. The number of thiophene rings is 1. The highest BCUT2D eigenvalue weighted by molar-refractivity contribution is 7.19. The lowest BCUT2D eigenvalue weighted by Crippen LogP contribution is -2.21. The number of pyridine rings is 1. The van der Waals surface area contributed by atoms with E-state index in [2.05, 4.69) is 10.3 Å². The van der Waals surface area contributed by atoms with Gasteiger partial charge in [-0.1, -0.05) is 17.7 Å². The third-order valence-electron chi connectivity index (χ3n) is 5.29. The van der Waals surface area contributed by atoms with Crippen LogP contribution in [0.1, 0.15) is 51.7 Å². The second kappa shape index (κ2) is 7.70. The summed E-state index contributed by atoms with van der Waals surface area (Å²) >= 11 is 7.41. The maximum atomic E-state index is 13.3. The largest absolute Gasteiger partial charge is 0.397 e. The van der Waals surface area contributed by atoms with Gasteiger partial charge in [-0.05, 0) is 56.2 Å². The van der Waals surface area contributed by atoms with E-state index in [1.807, 2.05) is 26.0 Å². The Morgan fingerprint density at radius 1 is 1.23 bits per heavy atom. The summed E-state index contributed by atoms with van der Waals surface area (Å²) in [6.45, 7) is 5.26. The fraction of sp³-hybridized carbons (Fsp3) is 0.174. The van der Waals surface area contributed by atoms with Crippen LogP contribution < -0.4 is 11.1 Å². The number of ketones is 2. The molecule has 0 fully saturated rings. The van der Waals surface area contributed by atoms with E-state index in [9.17, 15) is 9.59 Å². The first-order valence-electron chi connectivity index (χ1n) is 9.41. The Kier molecular flexibility index (Phi) is 5.22. The minimum atomic E-state index is -0.378. The maximum Gasteiger partial charge on any atom is 0.205 e. The van der Waals surface area contributed by atoms with Crippen LogP contribution in [0.25, 0.3) is 0 Å². The third-order valence-corrected chi connectivity index (χ3v) is 6.85. The summed E-state index contributed by atoms with van der Waals surface area (Å²) < 4.78 is 0. The summed E-state index contributed by atoms with van der Waals surface area (Å²) in [5, 5.41) is 4.66. The fourth-order valence-electron chi connectivity index (χ4n) is 3.87. The molecule has 2 aromatic heterocycles. The lowest BCUT2D eigenvalue weighted by molar-refractivity contribution is -0.113. The number of halogens is 1. The number of rotatable bonds is 4. The summed E-state index contributed by atoms with van der Waals surface area (Å²) in [5.41, 5.74) is 11.3. The van der Waals surface area contributed by atoms with Gasteiger partial charge >= 0.3 is 0 Å². The fourth-order valence-corrected chi connectivity index (χ4v) is 5.16. The molecule has 0 radical (unpaired) electrons. The predicted molar refractivity (Wildman–Crippen MR) is 121 cm³/mol. The van der Waals surface area contributed by atoms with E-state index in [0.29, 0.717) is 26.7 Å². The molecule has 1 unspecified atom stereocenters. The first kappa shape index (κ1) is 20.3. The molecule has 7 heteroatoms. The van der Waals surface area contributed by atoms with Gasteiger partial charge in [0, 0.05) is 45.7 Å². The molecule has 1 aromatic carbocycles. The van der Waals surface area contributed by atoms with Crippen LogP contribution in [0, 0.1) is 6.92 Å². The molecule has 0 aliphatic carbocycles. The molecule has 1 atom stereocenters. The molecule has 3 heterocycles. The van der Waals surface area contributed by atoms with Crippen LogP contribution in [-0.2, 0) is 4.79 Å². The number of nitrogens with two attached hydrogens (primary N) is 1. The van der Waals surface area contributed by atoms with Crippen LogP contribution >= 0.6 is 22.9 Å². The van der Waals surface area contributed by atoms with E-state index in [4.69, 9.17) is 17.3 Å². The Balaban J connectivity index is 1.88. The standard InChI is InChI=1S/C23H20ClN3O2S/c1-11-9-14(6-7-16(11)24)21(29)22-20(25)19-18(15-5-4-8-26-10-15)17(13(3)28)12(2)27-23(19)30-22/h4-10,18,27H,25H2,1-3H3. The maximum absolute atomic E-state index is 13.3. The van der Waals surface area contributed by atoms with E-state index >= 15 is 0 Å². The molecular formula is C23H20ClN3O2S. The number of aromatic nitrogens is 1. The van der Waals surface area contributed by atoms with Crippen molar-refractivity contribution >= 4 is 45.2 Å². The Labute approximate surface area is 183 Å². The zero-order valence-corrected chi connectivity index (χ0v) is 18.3. The topological polar surface area (TPSA) is 85.1 Å². The lowest BCUT2D eigenvalue weighted by atomic mass is 9.81. The van der Waals surface area contributed by atoms with Gasteiger partial charge in [0.05, 0.1) is 10.7 Å². The van der Waals surface area contributed by atoms with Gasteiger partial charge < -0.3 is 11.1 Å². The predicted octanol–water partition coefficient (Wildman–Crippen LogP) is 5.34. The molecule has 4 rings (SSSR count). The van der Waals surface area contributed by atoms with Crippen molar-refractivity contribution in [3.63, 3.8) is 0 Å². The molecule has 30 heavy (non-hydrogen) atoms. The van der Waals surface area contributed by atoms with Gasteiger partial charge in [-0.15, -0.1) is 11.3 Å². The number of hydrogen-bond acceptors (Lipinski definition) is 6. The van der Waals surface area contributed by atoms with Crippen LogP contribution in [0.15, 0.2) is 54.0 Å². The van der Waals surface area contributed by atoms with Crippen LogP contribution in [0.4, 0.5) is 10.7 Å². The quantitative estimate of drug-likeness (QED) is 0.538. The Bertz CT molecular complexity index is 1210. The number of hydrogen-bond donors (Lipinski definition) is 2. The van der Waals surface area contributed by atoms with Crippen molar-refractivity contribution in [2.24, 2.45) is 0 Å². The van der Waals surface area contributed by atoms with Gasteiger partial charge in [0.2, 0.25) is 5.78 Å². The van der Waals surface area contributed by atoms with Crippen molar-refractivity contribution in [1.82, 2.24) is 4.98 Å². The van der Waals surface area contributed by atoms with Crippen molar-refractivity contribution in [2.45, 2.75) is 26.7 Å². The molecule has 152 valence electrons. The van der Waals surface area contributed by atoms with E-state index in [-0.39, 0.29) is 17.5 Å². The molecule has 1 aliphatic heterocycles. The molecule has 0 bridgehead atoms. The number of aryl methyl sites for hydroxylation is 1. The van der Waals surface area contributed by atoms with E-state index < -0.39 is 0 Å². The summed E-state index contributed by atoms with van der Waals surface area (Å²) in [4.78, 5) is 30.4. The highest BCUT2D eigenvalue weighted by Crippen LogP contribution is 2.50. The monoisotopic (exact) mass is 437 g/mol. The lowest BCUT2D eigenvalue weighted by Gasteiger charge is -2.28. The van der Waals surface area contributed by atoms with Gasteiger partial charge in [-0.2, -0.15) is 0 Å². The molecule has 1 aliphatic rings. The van der Waals surface area contributed by atoms with E-state index in [0.717, 1.165) is 27.4 Å². The van der Waals surface area contributed by atoms with Crippen molar-refractivity contribution in [3.8, 4) is 0 Å². The number of Topliss-reactive ketones (excluding diaryl/α,β-unsaturated/α-hetero) is 1. The summed E-state index contributed by atoms with van der Waals surface area (Å²) in [6, 6.07) is 8.93. The van der Waals surface area contributed by atoms with Crippen molar-refractivity contribution in [1.29, 1.82) is 0 Å². The number of benzene rings is 1. The third kappa shape index (κ3) is 3.32. The van der Waals surface area contributed by atoms with Crippen molar-refractivity contribution < 1.29 is 9.59 Å². The summed E-state index contributed by atoms with van der Waals surface area (Å²) in [6.07, 6.45) is 3.42. The molecule has 0 saturated heterocycles.